The minimum Gasteiger partial charge on any atom is -0.393 e. The zero-order valence-corrected chi connectivity index (χ0v) is 17.5. The van der Waals surface area contributed by atoms with Crippen LogP contribution >= 0.6 is 0 Å². The molecule has 154 valence electrons. The molecule has 0 aliphatic heterocycles. The summed E-state index contributed by atoms with van der Waals surface area (Å²) in [5.41, 5.74) is 1.31. The fourth-order valence-corrected chi connectivity index (χ4v) is 7.54. The Bertz CT molecular complexity index is 731. The molecule has 0 saturated heterocycles. The Balaban J connectivity index is 1.73. The van der Waals surface area contributed by atoms with E-state index in [0.29, 0.717) is 24.2 Å². The molecule has 3 saturated carbocycles. The molecular weight excluding hydrogens is 364 g/mol. The number of aliphatic hydroxyl groups excluding tert-OH is 2. The van der Waals surface area contributed by atoms with Crippen LogP contribution in [-0.2, 0) is 14.3 Å². The summed E-state index contributed by atoms with van der Waals surface area (Å²) in [7, 11) is -3.49. The second-order valence-corrected chi connectivity index (χ2v) is 11.7. The lowest BCUT2D eigenvalue weighted by atomic mass is 9.46. The second kappa shape index (κ2) is 6.54. The third-order valence-electron chi connectivity index (χ3n) is 8.67. The monoisotopic (exact) mass is 398 g/mol. The molecule has 3 fully saturated rings. The molecule has 0 heterocycles. The Morgan fingerprint density at radius 3 is 2.56 bits per heavy atom. The third kappa shape index (κ3) is 3.21. The summed E-state index contributed by atoms with van der Waals surface area (Å²) >= 11 is 0. The van der Waals surface area contributed by atoms with E-state index >= 15 is 0 Å². The maximum atomic E-state index is 11.7. The SMILES string of the molecule is C[C@]12CC[C@H]3[C@@H]([C@@H](COS(C)(=O)=O)C=C4C[C@@H](O)CC[C@@]43C)[C@@H]1CC[C@@H]2O. The first kappa shape index (κ1) is 19.9. The first-order chi connectivity index (χ1) is 12.5. The van der Waals surface area contributed by atoms with Crippen LogP contribution in [-0.4, -0.2) is 43.7 Å². The molecule has 0 bridgehead atoms. The van der Waals surface area contributed by atoms with Gasteiger partial charge in [-0.1, -0.05) is 25.5 Å². The van der Waals surface area contributed by atoms with E-state index in [-0.39, 0.29) is 35.6 Å². The summed E-state index contributed by atoms with van der Waals surface area (Å²) < 4.78 is 28.6. The van der Waals surface area contributed by atoms with Gasteiger partial charge in [0.05, 0.1) is 25.1 Å². The van der Waals surface area contributed by atoms with Crippen molar-refractivity contribution in [1.29, 1.82) is 0 Å². The highest BCUT2D eigenvalue weighted by Gasteiger charge is 2.60. The molecule has 0 amide bonds. The van der Waals surface area contributed by atoms with Crippen molar-refractivity contribution < 1.29 is 22.8 Å². The maximum absolute atomic E-state index is 11.7. The van der Waals surface area contributed by atoms with Crippen molar-refractivity contribution in [2.24, 2.45) is 34.5 Å². The van der Waals surface area contributed by atoms with Gasteiger partial charge in [-0.15, -0.1) is 0 Å². The van der Waals surface area contributed by atoms with Gasteiger partial charge < -0.3 is 10.2 Å². The zero-order valence-electron chi connectivity index (χ0n) is 16.7. The highest BCUT2D eigenvalue weighted by molar-refractivity contribution is 7.85. The molecule has 2 N–H and O–H groups in total. The van der Waals surface area contributed by atoms with Gasteiger partial charge in [-0.05, 0) is 73.5 Å². The van der Waals surface area contributed by atoms with Gasteiger partial charge in [0.2, 0.25) is 0 Å². The lowest BCUT2D eigenvalue weighted by Crippen LogP contribution is -2.54. The Morgan fingerprint density at radius 1 is 1.11 bits per heavy atom. The van der Waals surface area contributed by atoms with Crippen LogP contribution in [0.5, 0.6) is 0 Å². The molecule has 5 nitrogen and oxygen atoms in total. The van der Waals surface area contributed by atoms with Crippen LogP contribution in [0.2, 0.25) is 0 Å². The lowest BCUT2D eigenvalue weighted by Gasteiger charge is -2.59. The average molecular weight is 399 g/mol. The van der Waals surface area contributed by atoms with Crippen molar-refractivity contribution in [3.8, 4) is 0 Å². The van der Waals surface area contributed by atoms with Crippen molar-refractivity contribution in [2.75, 3.05) is 12.9 Å². The average Bonchev–Trinajstić information content (AvgIpc) is 2.88. The highest BCUT2D eigenvalue weighted by Crippen LogP contribution is 2.66. The molecule has 0 aromatic rings. The molecule has 0 aromatic heterocycles. The molecule has 0 aromatic carbocycles. The van der Waals surface area contributed by atoms with E-state index in [4.69, 9.17) is 4.18 Å². The Labute approximate surface area is 163 Å². The number of fused-ring (bicyclic) bond motifs is 5. The smallest absolute Gasteiger partial charge is 0.264 e. The summed E-state index contributed by atoms with van der Waals surface area (Å²) in [6.45, 7) is 4.76. The summed E-state index contributed by atoms with van der Waals surface area (Å²) in [6, 6.07) is 0. The summed E-state index contributed by atoms with van der Waals surface area (Å²) in [5, 5.41) is 20.9. The number of hydrogen-bond acceptors (Lipinski definition) is 5. The Hall–Kier alpha value is -0.430. The quantitative estimate of drug-likeness (QED) is 0.564. The van der Waals surface area contributed by atoms with Crippen LogP contribution in [0.15, 0.2) is 11.6 Å². The topological polar surface area (TPSA) is 83.8 Å². The Morgan fingerprint density at radius 2 is 1.85 bits per heavy atom. The largest absolute Gasteiger partial charge is 0.393 e. The van der Waals surface area contributed by atoms with Crippen LogP contribution in [0.3, 0.4) is 0 Å². The normalized spacial score (nSPS) is 49.7. The summed E-state index contributed by atoms with van der Waals surface area (Å²) in [5.74, 6) is 1.25. The van der Waals surface area contributed by atoms with Gasteiger partial charge in [0.15, 0.2) is 0 Å². The lowest BCUT2D eigenvalue weighted by molar-refractivity contribution is -0.0914. The van der Waals surface area contributed by atoms with Gasteiger partial charge in [-0.2, -0.15) is 8.42 Å². The van der Waals surface area contributed by atoms with Crippen LogP contribution in [0.25, 0.3) is 0 Å². The van der Waals surface area contributed by atoms with E-state index in [1.165, 1.54) is 5.57 Å². The van der Waals surface area contributed by atoms with Crippen molar-refractivity contribution in [2.45, 2.75) is 71.0 Å². The molecule has 4 aliphatic rings. The van der Waals surface area contributed by atoms with Gasteiger partial charge in [-0.3, -0.25) is 4.18 Å². The van der Waals surface area contributed by atoms with E-state index in [1.54, 1.807) is 0 Å². The van der Waals surface area contributed by atoms with Gasteiger partial charge in [0.1, 0.15) is 0 Å². The van der Waals surface area contributed by atoms with Gasteiger partial charge in [0, 0.05) is 5.92 Å². The van der Waals surface area contributed by atoms with Crippen LogP contribution in [0.4, 0.5) is 0 Å². The predicted molar refractivity (Wildman–Crippen MR) is 103 cm³/mol. The Kier molecular flexibility index (Phi) is 4.81. The molecule has 4 rings (SSSR count). The van der Waals surface area contributed by atoms with Crippen molar-refractivity contribution in [1.82, 2.24) is 0 Å². The number of hydrogen-bond donors (Lipinski definition) is 2. The molecule has 6 heteroatoms. The number of aliphatic hydroxyl groups is 2. The molecule has 4 aliphatic carbocycles. The molecule has 0 radical (unpaired) electrons. The third-order valence-corrected chi connectivity index (χ3v) is 9.24. The van der Waals surface area contributed by atoms with Crippen LogP contribution < -0.4 is 0 Å². The zero-order chi connectivity index (χ0) is 19.6. The summed E-state index contributed by atoms with van der Waals surface area (Å²) in [6.07, 6.45) is 9.28. The van der Waals surface area contributed by atoms with E-state index in [0.717, 1.165) is 44.8 Å². The van der Waals surface area contributed by atoms with Gasteiger partial charge in [-0.25, -0.2) is 0 Å². The minimum absolute atomic E-state index is 0.0352. The fourth-order valence-electron chi connectivity index (χ4n) is 7.14. The minimum atomic E-state index is -3.49. The van der Waals surface area contributed by atoms with E-state index in [9.17, 15) is 18.6 Å². The van der Waals surface area contributed by atoms with Crippen LogP contribution in [0, 0.1) is 34.5 Å². The summed E-state index contributed by atoms with van der Waals surface area (Å²) in [4.78, 5) is 0. The van der Waals surface area contributed by atoms with Crippen LogP contribution in [0.1, 0.15) is 58.8 Å². The molecule has 8 atom stereocenters. The first-order valence-electron chi connectivity index (χ1n) is 10.5. The van der Waals surface area contributed by atoms with Gasteiger partial charge >= 0.3 is 0 Å². The molecule has 27 heavy (non-hydrogen) atoms. The van der Waals surface area contributed by atoms with E-state index in [2.05, 4.69) is 19.9 Å². The molecule has 0 spiro atoms. The van der Waals surface area contributed by atoms with E-state index in [1.807, 2.05) is 0 Å². The maximum Gasteiger partial charge on any atom is 0.264 e. The fraction of sp³-hybridized carbons (Fsp3) is 0.905. The predicted octanol–water partition coefficient (Wildman–Crippen LogP) is 2.87. The van der Waals surface area contributed by atoms with Crippen molar-refractivity contribution >= 4 is 10.1 Å². The van der Waals surface area contributed by atoms with Crippen molar-refractivity contribution in [3.63, 3.8) is 0 Å². The highest BCUT2D eigenvalue weighted by atomic mass is 32.2. The van der Waals surface area contributed by atoms with Gasteiger partial charge in [0.25, 0.3) is 10.1 Å². The number of rotatable bonds is 3. The van der Waals surface area contributed by atoms with E-state index < -0.39 is 10.1 Å². The standard InChI is InChI=1S/C21H34O5S/c1-20-8-6-15(22)11-14(20)10-13(12-26-27(3,24)25)19-16-4-5-18(23)21(16,2)9-7-17(19)20/h10,13,15-19,22-23H,4-9,11-12H2,1-3H3/t13-,15+,16+,17+,18+,19+,20+,21+/m1/s1. The second-order valence-electron chi connectivity index (χ2n) is 10.1. The molecule has 0 unspecified atom stereocenters. The molecular formula is C21H34O5S. The first-order valence-corrected chi connectivity index (χ1v) is 12.3. The van der Waals surface area contributed by atoms with Crippen molar-refractivity contribution in [3.05, 3.63) is 11.6 Å².